The summed E-state index contributed by atoms with van der Waals surface area (Å²) >= 11 is 10.6. The van der Waals surface area contributed by atoms with Gasteiger partial charge >= 0.3 is 5.88 Å². The Morgan fingerprint density at radius 2 is 2.00 bits per heavy atom. The van der Waals surface area contributed by atoms with E-state index in [9.17, 15) is 14.9 Å². The van der Waals surface area contributed by atoms with E-state index >= 15 is 0 Å². The number of carbonyl (C=O) groups excluding carboxylic acids is 1. The largest absolute Gasteiger partial charge is 0.433 e. The molecule has 1 amide bonds. The molecule has 150 valence electrons. The molecule has 0 N–H and O–H groups in total. The first-order chi connectivity index (χ1) is 14.4. The van der Waals surface area contributed by atoms with Gasteiger partial charge in [-0.3, -0.25) is 14.9 Å². The number of furan rings is 1. The average Bonchev–Trinajstić information content (AvgIpc) is 3.35. The highest BCUT2D eigenvalue weighted by molar-refractivity contribution is 9.10. The predicted octanol–water partition coefficient (Wildman–Crippen LogP) is 5.89. The smallest absolute Gasteiger partial charge is 0.400 e. The molecule has 2 aromatic heterocycles. The highest BCUT2D eigenvalue weighted by Crippen LogP contribution is 2.32. The number of fused-ring (bicyclic) bond motifs is 1. The molecule has 0 aliphatic rings. The van der Waals surface area contributed by atoms with Gasteiger partial charge in [-0.25, -0.2) is 4.98 Å². The Morgan fingerprint density at radius 3 is 2.70 bits per heavy atom. The van der Waals surface area contributed by atoms with Crippen LogP contribution in [0, 0.1) is 10.1 Å². The first kappa shape index (κ1) is 20.2. The fourth-order valence-electron chi connectivity index (χ4n) is 2.50. The summed E-state index contributed by atoms with van der Waals surface area (Å²) in [6.45, 7) is 0. The molecule has 8 nitrogen and oxygen atoms in total. The van der Waals surface area contributed by atoms with Crippen molar-refractivity contribution in [3.63, 3.8) is 0 Å². The third-order valence-corrected chi connectivity index (χ3v) is 5.64. The van der Waals surface area contributed by atoms with Gasteiger partial charge < -0.3 is 4.42 Å². The second-order valence-corrected chi connectivity index (χ2v) is 8.27. The van der Waals surface area contributed by atoms with E-state index < -0.39 is 16.7 Å². The quantitative estimate of drug-likeness (QED) is 0.191. The van der Waals surface area contributed by atoms with Crippen molar-refractivity contribution in [2.24, 2.45) is 5.10 Å². The number of halogens is 2. The zero-order valence-electron chi connectivity index (χ0n) is 14.9. The van der Waals surface area contributed by atoms with Crippen LogP contribution in [-0.2, 0) is 0 Å². The molecule has 2 aromatic carbocycles. The second kappa shape index (κ2) is 8.34. The van der Waals surface area contributed by atoms with Gasteiger partial charge in [0.05, 0.1) is 22.5 Å². The van der Waals surface area contributed by atoms with Crippen molar-refractivity contribution >= 4 is 72.2 Å². The van der Waals surface area contributed by atoms with Crippen LogP contribution in [0.2, 0.25) is 5.02 Å². The number of hydrogen-bond acceptors (Lipinski definition) is 7. The summed E-state index contributed by atoms with van der Waals surface area (Å²) in [5, 5.41) is 16.9. The van der Waals surface area contributed by atoms with Crippen molar-refractivity contribution in [2.75, 3.05) is 5.01 Å². The molecule has 0 aliphatic carbocycles. The van der Waals surface area contributed by atoms with Crippen molar-refractivity contribution in [3.8, 4) is 0 Å². The van der Waals surface area contributed by atoms with Crippen LogP contribution in [0.4, 0.5) is 11.0 Å². The molecule has 0 bridgehead atoms. The number of amides is 1. The summed E-state index contributed by atoms with van der Waals surface area (Å²) in [7, 11) is 0. The molecule has 0 saturated heterocycles. The molecule has 0 atom stereocenters. The molecule has 2 heterocycles. The van der Waals surface area contributed by atoms with E-state index in [-0.39, 0.29) is 5.76 Å². The minimum atomic E-state index is -0.653. The SMILES string of the molecule is O=C(c1ccc(Cl)cc1)N(/N=C/c1ccc([N+](=O)[O-])o1)c1nc2ccc(Br)cc2s1. The Hall–Kier alpha value is -3.08. The molecule has 0 radical (unpaired) electrons. The Labute approximate surface area is 186 Å². The Bertz CT molecular complexity index is 1290. The van der Waals surface area contributed by atoms with E-state index in [0.29, 0.717) is 21.2 Å². The molecule has 0 spiro atoms. The maximum absolute atomic E-state index is 13.1. The van der Waals surface area contributed by atoms with Crippen LogP contribution >= 0.6 is 38.9 Å². The van der Waals surface area contributed by atoms with Gasteiger partial charge in [0, 0.05) is 15.1 Å². The van der Waals surface area contributed by atoms with Crippen LogP contribution in [-0.4, -0.2) is 22.0 Å². The summed E-state index contributed by atoms with van der Waals surface area (Å²) in [5.74, 6) is -0.738. The van der Waals surface area contributed by atoms with Crippen molar-refractivity contribution in [1.29, 1.82) is 0 Å². The van der Waals surface area contributed by atoms with Crippen molar-refractivity contribution in [3.05, 3.63) is 85.5 Å². The lowest BCUT2D eigenvalue weighted by Crippen LogP contribution is -2.25. The number of nitro groups is 1. The number of aromatic nitrogens is 1. The van der Waals surface area contributed by atoms with Crippen LogP contribution in [0.1, 0.15) is 16.1 Å². The molecule has 30 heavy (non-hydrogen) atoms. The zero-order chi connectivity index (χ0) is 21.3. The first-order valence-corrected chi connectivity index (χ1v) is 10.3. The third kappa shape index (κ3) is 4.25. The molecule has 0 fully saturated rings. The fraction of sp³-hybridized carbons (Fsp3) is 0. The molecule has 0 unspecified atom stereocenters. The van der Waals surface area contributed by atoms with Crippen molar-refractivity contribution in [1.82, 2.24) is 4.98 Å². The standard InChI is InChI=1S/C19H10BrClN4O4S/c20-12-3-7-15-16(9-12)30-19(23-15)24(18(26)11-1-4-13(21)5-2-11)22-10-14-6-8-17(29-14)25(27)28/h1-10H/b22-10+. The number of thiazole rings is 1. The number of rotatable bonds is 5. The van der Waals surface area contributed by atoms with Gasteiger partial charge in [-0.15, -0.1) is 0 Å². The number of nitrogens with zero attached hydrogens (tertiary/aromatic N) is 4. The van der Waals surface area contributed by atoms with Crippen LogP contribution in [0.3, 0.4) is 0 Å². The van der Waals surface area contributed by atoms with Gasteiger partial charge in [-0.05, 0) is 48.5 Å². The minimum Gasteiger partial charge on any atom is -0.400 e. The van der Waals surface area contributed by atoms with E-state index in [1.165, 1.54) is 29.7 Å². The molecule has 0 aliphatic heterocycles. The molecule has 0 saturated carbocycles. The van der Waals surface area contributed by atoms with Gasteiger partial charge in [-0.2, -0.15) is 10.1 Å². The summed E-state index contributed by atoms with van der Waals surface area (Å²) < 4.78 is 6.82. The monoisotopic (exact) mass is 504 g/mol. The van der Waals surface area contributed by atoms with Gasteiger partial charge in [-0.1, -0.05) is 38.9 Å². The number of hydrazone groups is 1. The first-order valence-electron chi connectivity index (χ1n) is 8.35. The summed E-state index contributed by atoms with van der Waals surface area (Å²) in [6, 6.07) is 14.5. The van der Waals surface area contributed by atoms with Crippen LogP contribution in [0.15, 0.2) is 68.6 Å². The lowest BCUT2D eigenvalue weighted by Gasteiger charge is -2.13. The van der Waals surface area contributed by atoms with Gasteiger partial charge in [0.25, 0.3) is 5.91 Å². The molecular formula is C19H10BrClN4O4S. The van der Waals surface area contributed by atoms with Crippen molar-refractivity contribution in [2.45, 2.75) is 0 Å². The Kier molecular flexibility index (Phi) is 5.62. The van der Waals surface area contributed by atoms with E-state index in [4.69, 9.17) is 16.0 Å². The minimum absolute atomic E-state index is 0.125. The van der Waals surface area contributed by atoms with E-state index in [1.807, 2.05) is 18.2 Å². The molecule has 4 rings (SSSR count). The van der Waals surface area contributed by atoms with Gasteiger partial charge in [0.15, 0.2) is 5.76 Å². The lowest BCUT2D eigenvalue weighted by molar-refractivity contribution is -0.402. The summed E-state index contributed by atoms with van der Waals surface area (Å²) in [4.78, 5) is 27.8. The molecule has 4 aromatic rings. The van der Waals surface area contributed by atoms with E-state index in [0.717, 1.165) is 14.2 Å². The maximum Gasteiger partial charge on any atom is 0.433 e. The topological polar surface area (TPSA) is 102 Å². The van der Waals surface area contributed by atoms with E-state index in [1.54, 1.807) is 24.3 Å². The van der Waals surface area contributed by atoms with Crippen LogP contribution in [0.5, 0.6) is 0 Å². The van der Waals surface area contributed by atoms with Gasteiger partial charge in [0.1, 0.15) is 4.92 Å². The fourth-order valence-corrected chi connectivity index (χ4v) is 4.10. The highest BCUT2D eigenvalue weighted by atomic mass is 79.9. The number of anilines is 1. The molecule has 11 heteroatoms. The summed E-state index contributed by atoms with van der Waals surface area (Å²) in [5.41, 5.74) is 1.05. The van der Waals surface area contributed by atoms with Gasteiger partial charge in [0.2, 0.25) is 5.13 Å². The number of carbonyl (C=O) groups is 1. The third-order valence-electron chi connectivity index (χ3n) is 3.90. The Morgan fingerprint density at radius 1 is 1.23 bits per heavy atom. The second-order valence-electron chi connectivity index (χ2n) is 5.91. The lowest BCUT2D eigenvalue weighted by atomic mass is 10.2. The normalized spacial score (nSPS) is 11.3. The summed E-state index contributed by atoms with van der Waals surface area (Å²) in [6.07, 6.45) is 1.23. The van der Waals surface area contributed by atoms with E-state index in [2.05, 4.69) is 26.0 Å². The maximum atomic E-state index is 13.1. The average molecular weight is 506 g/mol. The predicted molar refractivity (Wildman–Crippen MR) is 119 cm³/mol. The molecular weight excluding hydrogens is 496 g/mol. The van der Waals surface area contributed by atoms with Crippen molar-refractivity contribution < 1.29 is 14.1 Å². The Balaban J connectivity index is 1.74. The van der Waals surface area contributed by atoms with Crippen LogP contribution in [0.25, 0.3) is 10.2 Å². The highest BCUT2D eigenvalue weighted by Gasteiger charge is 2.21. The zero-order valence-corrected chi connectivity index (χ0v) is 18.0. The number of hydrogen-bond donors (Lipinski definition) is 0. The van der Waals surface area contributed by atoms with Crippen LogP contribution < -0.4 is 5.01 Å². The number of benzene rings is 2.